The first kappa shape index (κ1) is 10.9. The predicted molar refractivity (Wildman–Crippen MR) is 75.3 cm³/mol. The zero-order valence-corrected chi connectivity index (χ0v) is 11.2. The summed E-state index contributed by atoms with van der Waals surface area (Å²) in [5.41, 5.74) is 4.87. The lowest BCUT2D eigenvalue weighted by atomic mass is 9.80. The van der Waals surface area contributed by atoms with Crippen molar-refractivity contribution < 1.29 is 0 Å². The quantitative estimate of drug-likeness (QED) is 0.746. The molecule has 3 aliphatic heterocycles. The molecule has 0 bridgehead atoms. The fourth-order valence-corrected chi connectivity index (χ4v) is 4.29. The lowest BCUT2D eigenvalue weighted by Gasteiger charge is -2.41. The number of hydrogen-bond donors (Lipinski definition) is 0. The number of para-hydroxylation sites is 1. The van der Waals surface area contributed by atoms with E-state index in [1.807, 2.05) is 0 Å². The van der Waals surface area contributed by atoms with Gasteiger partial charge < -0.3 is 9.80 Å². The first-order chi connectivity index (χ1) is 8.86. The van der Waals surface area contributed by atoms with Gasteiger partial charge in [-0.05, 0) is 36.4 Å². The van der Waals surface area contributed by atoms with Crippen LogP contribution in [0.25, 0.3) is 0 Å². The normalized spacial score (nSPS) is 30.2. The Morgan fingerprint density at radius 3 is 3.06 bits per heavy atom. The van der Waals surface area contributed by atoms with Crippen molar-refractivity contribution in [2.75, 3.05) is 37.6 Å². The summed E-state index contributed by atoms with van der Waals surface area (Å²) in [6.45, 7) is 8.67. The molecule has 4 rings (SSSR count). The van der Waals surface area contributed by atoms with Crippen molar-refractivity contribution in [2.24, 2.45) is 5.92 Å². The Balaban J connectivity index is 1.79. The highest BCUT2D eigenvalue weighted by Crippen LogP contribution is 2.45. The van der Waals surface area contributed by atoms with Gasteiger partial charge in [-0.2, -0.15) is 0 Å². The predicted octanol–water partition coefficient (Wildman–Crippen LogP) is 2.49. The van der Waals surface area contributed by atoms with E-state index in [4.69, 9.17) is 0 Å². The standard InChI is InChI=1S/C16H22N2/c1-2-17-9-13-10-18-8-4-6-12-5-3-7-14(16(12)18)15(13)11-17/h3,5,7,13,15H,2,4,6,8-11H2,1H3/t13-,15?/m1/s1. The Kier molecular flexibility index (Phi) is 2.41. The van der Waals surface area contributed by atoms with E-state index in [2.05, 4.69) is 34.9 Å². The van der Waals surface area contributed by atoms with E-state index in [1.165, 1.54) is 45.6 Å². The maximum atomic E-state index is 2.68. The summed E-state index contributed by atoms with van der Waals surface area (Å²) in [5.74, 6) is 1.67. The van der Waals surface area contributed by atoms with Crippen LogP contribution in [0.5, 0.6) is 0 Å². The molecule has 1 fully saturated rings. The van der Waals surface area contributed by atoms with E-state index in [9.17, 15) is 0 Å². The fourth-order valence-electron chi connectivity index (χ4n) is 4.29. The van der Waals surface area contributed by atoms with Gasteiger partial charge in [-0.3, -0.25) is 0 Å². The Morgan fingerprint density at radius 1 is 1.22 bits per heavy atom. The third-order valence-corrected chi connectivity index (χ3v) is 5.16. The number of benzene rings is 1. The molecule has 0 aliphatic carbocycles. The highest BCUT2D eigenvalue weighted by atomic mass is 15.2. The Hall–Kier alpha value is -1.02. The summed E-state index contributed by atoms with van der Waals surface area (Å²) in [6, 6.07) is 7.03. The van der Waals surface area contributed by atoms with E-state index in [1.54, 1.807) is 16.8 Å². The minimum absolute atomic E-state index is 0.800. The summed E-state index contributed by atoms with van der Waals surface area (Å²) < 4.78 is 0. The van der Waals surface area contributed by atoms with Crippen molar-refractivity contribution in [3.63, 3.8) is 0 Å². The number of nitrogens with zero attached hydrogens (tertiary/aromatic N) is 2. The van der Waals surface area contributed by atoms with Crippen LogP contribution in [0.15, 0.2) is 18.2 Å². The molecule has 0 N–H and O–H groups in total. The van der Waals surface area contributed by atoms with Gasteiger partial charge in [0.05, 0.1) is 0 Å². The number of fused-ring (bicyclic) bond motifs is 2. The molecule has 0 radical (unpaired) electrons. The zero-order valence-electron chi connectivity index (χ0n) is 11.2. The molecule has 96 valence electrons. The summed E-state index contributed by atoms with van der Waals surface area (Å²) in [6.07, 6.45) is 2.62. The molecule has 0 saturated carbocycles. The molecule has 0 amide bonds. The summed E-state index contributed by atoms with van der Waals surface area (Å²) in [4.78, 5) is 5.31. The molecule has 0 aromatic heterocycles. The molecule has 2 atom stereocenters. The monoisotopic (exact) mass is 242 g/mol. The van der Waals surface area contributed by atoms with Crippen LogP contribution < -0.4 is 4.90 Å². The van der Waals surface area contributed by atoms with Gasteiger partial charge in [0.15, 0.2) is 0 Å². The van der Waals surface area contributed by atoms with Gasteiger partial charge in [0.25, 0.3) is 0 Å². The van der Waals surface area contributed by atoms with E-state index in [0.29, 0.717) is 0 Å². The topological polar surface area (TPSA) is 6.48 Å². The van der Waals surface area contributed by atoms with Crippen LogP contribution in [0.4, 0.5) is 5.69 Å². The smallest absolute Gasteiger partial charge is 0.0434 e. The average Bonchev–Trinajstić information content (AvgIpc) is 2.83. The SMILES string of the molecule is CCN1CC2c3cccc4c3N(CCC4)C[C@H]2C1. The summed E-state index contributed by atoms with van der Waals surface area (Å²) >= 11 is 0. The molecule has 1 unspecified atom stereocenters. The highest BCUT2D eigenvalue weighted by molar-refractivity contribution is 5.64. The first-order valence-electron chi connectivity index (χ1n) is 7.46. The van der Waals surface area contributed by atoms with E-state index in [0.717, 1.165) is 11.8 Å². The summed E-state index contributed by atoms with van der Waals surface area (Å²) in [7, 11) is 0. The van der Waals surface area contributed by atoms with Gasteiger partial charge in [0, 0.05) is 37.8 Å². The number of hydrogen-bond acceptors (Lipinski definition) is 2. The van der Waals surface area contributed by atoms with E-state index >= 15 is 0 Å². The number of rotatable bonds is 1. The van der Waals surface area contributed by atoms with Gasteiger partial charge >= 0.3 is 0 Å². The van der Waals surface area contributed by atoms with Gasteiger partial charge in [-0.15, -0.1) is 0 Å². The molecule has 3 aliphatic rings. The lowest BCUT2D eigenvalue weighted by Crippen LogP contribution is -2.40. The zero-order chi connectivity index (χ0) is 12.1. The van der Waals surface area contributed by atoms with Crippen LogP contribution in [0.2, 0.25) is 0 Å². The number of likely N-dealkylation sites (tertiary alicyclic amines) is 1. The average molecular weight is 242 g/mol. The third kappa shape index (κ3) is 1.45. The van der Waals surface area contributed by atoms with Crippen molar-refractivity contribution in [2.45, 2.75) is 25.7 Å². The van der Waals surface area contributed by atoms with Crippen LogP contribution in [-0.2, 0) is 6.42 Å². The van der Waals surface area contributed by atoms with Crippen LogP contribution >= 0.6 is 0 Å². The highest BCUT2D eigenvalue weighted by Gasteiger charge is 2.40. The van der Waals surface area contributed by atoms with Crippen molar-refractivity contribution in [1.29, 1.82) is 0 Å². The van der Waals surface area contributed by atoms with Crippen LogP contribution in [0.3, 0.4) is 0 Å². The van der Waals surface area contributed by atoms with Gasteiger partial charge in [-0.1, -0.05) is 25.1 Å². The van der Waals surface area contributed by atoms with Gasteiger partial charge in [-0.25, -0.2) is 0 Å². The van der Waals surface area contributed by atoms with Crippen molar-refractivity contribution in [1.82, 2.24) is 4.90 Å². The molecule has 0 spiro atoms. The number of likely N-dealkylation sites (N-methyl/N-ethyl adjacent to an activating group) is 1. The van der Waals surface area contributed by atoms with Gasteiger partial charge in [0.2, 0.25) is 0 Å². The van der Waals surface area contributed by atoms with Crippen LogP contribution in [-0.4, -0.2) is 37.6 Å². The first-order valence-corrected chi connectivity index (χ1v) is 7.46. The maximum absolute atomic E-state index is 2.68. The second-order valence-electron chi connectivity index (χ2n) is 6.12. The molecular weight excluding hydrogens is 220 g/mol. The second-order valence-corrected chi connectivity index (χ2v) is 6.12. The second kappa shape index (κ2) is 3.99. The molecule has 18 heavy (non-hydrogen) atoms. The molecule has 2 heteroatoms. The van der Waals surface area contributed by atoms with E-state index in [-0.39, 0.29) is 0 Å². The maximum Gasteiger partial charge on any atom is 0.0434 e. The Labute approximate surface area is 110 Å². The third-order valence-electron chi connectivity index (χ3n) is 5.16. The Morgan fingerprint density at radius 2 is 2.17 bits per heavy atom. The minimum Gasteiger partial charge on any atom is -0.371 e. The van der Waals surface area contributed by atoms with Gasteiger partial charge in [0.1, 0.15) is 0 Å². The largest absolute Gasteiger partial charge is 0.371 e. The molecule has 1 saturated heterocycles. The molecule has 1 aromatic carbocycles. The summed E-state index contributed by atoms with van der Waals surface area (Å²) in [5, 5.41) is 0. The molecule has 3 heterocycles. The molecule has 1 aromatic rings. The van der Waals surface area contributed by atoms with Crippen molar-refractivity contribution >= 4 is 5.69 Å². The van der Waals surface area contributed by atoms with E-state index < -0.39 is 0 Å². The molecular formula is C16H22N2. The van der Waals surface area contributed by atoms with Crippen LogP contribution in [0.1, 0.15) is 30.4 Å². The van der Waals surface area contributed by atoms with Crippen molar-refractivity contribution in [3.05, 3.63) is 29.3 Å². The Bertz CT molecular complexity index is 468. The number of aryl methyl sites for hydroxylation is 1. The van der Waals surface area contributed by atoms with Crippen LogP contribution in [0, 0.1) is 5.92 Å². The molecule has 2 nitrogen and oxygen atoms in total. The lowest BCUT2D eigenvalue weighted by molar-refractivity contribution is 0.342. The van der Waals surface area contributed by atoms with Crippen molar-refractivity contribution in [3.8, 4) is 0 Å². The minimum atomic E-state index is 0.800. The fraction of sp³-hybridized carbons (Fsp3) is 0.625. The number of anilines is 1.